The van der Waals surface area contributed by atoms with E-state index in [9.17, 15) is 9.59 Å². The van der Waals surface area contributed by atoms with Crippen molar-refractivity contribution in [1.29, 1.82) is 0 Å². The molecule has 0 saturated heterocycles. The van der Waals surface area contributed by atoms with Crippen LogP contribution in [0.5, 0.6) is 11.5 Å². The summed E-state index contributed by atoms with van der Waals surface area (Å²) >= 11 is 0. The monoisotopic (exact) mass is 425 g/mol. The third-order valence-corrected chi connectivity index (χ3v) is 5.85. The number of rotatable bonds is 9. The topological polar surface area (TPSA) is 73.9 Å². The quantitative estimate of drug-likeness (QED) is 0.480. The second kappa shape index (κ2) is 11.4. The van der Waals surface area contributed by atoms with Crippen molar-refractivity contribution in [3.8, 4) is 11.5 Å². The van der Waals surface area contributed by atoms with Gasteiger partial charge in [0.15, 0.2) is 6.61 Å². The van der Waals surface area contributed by atoms with Gasteiger partial charge in [-0.05, 0) is 42.5 Å². The van der Waals surface area contributed by atoms with Gasteiger partial charge in [-0.15, -0.1) is 0 Å². The molecule has 1 amide bonds. The molecule has 0 unspecified atom stereocenters. The van der Waals surface area contributed by atoms with E-state index in [0.717, 1.165) is 18.6 Å². The summed E-state index contributed by atoms with van der Waals surface area (Å²) in [7, 11) is 0. The average Bonchev–Trinajstić information content (AvgIpc) is 2.79. The SMILES string of the molecule is C[C@@H]1[C@@H](C)CCC[C@H]1NC(=O)COC(=O)c1ccccc1OCCOc1ccccc1. The number of nitrogens with one attached hydrogen (secondary N) is 1. The molecule has 1 aliphatic rings. The first kappa shape index (κ1) is 22.7. The van der Waals surface area contributed by atoms with E-state index in [2.05, 4.69) is 19.2 Å². The van der Waals surface area contributed by atoms with E-state index < -0.39 is 5.97 Å². The number of hydrogen-bond acceptors (Lipinski definition) is 5. The highest BCUT2D eigenvalue weighted by atomic mass is 16.5. The Bertz CT molecular complexity index is 854. The summed E-state index contributed by atoms with van der Waals surface area (Å²) in [5.74, 6) is 1.30. The molecule has 0 aliphatic heterocycles. The van der Waals surface area contributed by atoms with Gasteiger partial charge in [-0.1, -0.05) is 57.0 Å². The highest BCUT2D eigenvalue weighted by molar-refractivity contribution is 5.94. The largest absolute Gasteiger partial charge is 0.490 e. The van der Waals surface area contributed by atoms with Crippen LogP contribution in [0.1, 0.15) is 43.5 Å². The maximum atomic E-state index is 12.5. The van der Waals surface area contributed by atoms with E-state index in [1.165, 1.54) is 6.42 Å². The van der Waals surface area contributed by atoms with Crippen molar-refractivity contribution in [3.05, 3.63) is 60.2 Å². The summed E-state index contributed by atoms with van der Waals surface area (Å²) in [6, 6.07) is 16.4. The van der Waals surface area contributed by atoms with Crippen LogP contribution < -0.4 is 14.8 Å². The van der Waals surface area contributed by atoms with Gasteiger partial charge < -0.3 is 19.5 Å². The molecule has 0 spiro atoms. The number of amides is 1. The van der Waals surface area contributed by atoms with Crippen LogP contribution in [0.2, 0.25) is 0 Å². The molecular formula is C25H31NO5. The zero-order valence-electron chi connectivity index (χ0n) is 18.2. The van der Waals surface area contributed by atoms with Crippen molar-refractivity contribution < 1.29 is 23.8 Å². The van der Waals surface area contributed by atoms with Crippen molar-refractivity contribution in [2.24, 2.45) is 11.8 Å². The minimum atomic E-state index is -0.584. The molecule has 0 heterocycles. The summed E-state index contributed by atoms with van der Waals surface area (Å²) in [5.41, 5.74) is 0.287. The predicted octanol–water partition coefficient (Wildman–Crippen LogP) is 4.24. The number of carbonyl (C=O) groups excluding carboxylic acids is 2. The van der Waals surface area contributed by atoms with Crippen molar-refractivity contribution in [2.75, 3.05) is 19.8 Å². The molecule has 1 saturated carbocycles. The lowest BCUT2D eigenvalue weighted by Gasteiger charge is -2.34. The molecule has 0 aromatic heterocycles. The zero-order valence-corrected chi connectivity index (χ0v) is 18.2. The summed E-state index contributed by atoms with van der Waals surface area (Å²) in [4.78, 5) is 24.8. The van der Waals surface area contributed by atoms with Crippen LogP contribution in [0.4, 0.5) is 0 Å². The Morgan fingerprint density at radius 3 is 2.45 bits per heavy atom. The van der Waals surface area contributed by atoms with E-state index in [1.54, 1.807) is 24.3 Å². The lowest BCUT2D eigenvalue weighted by Crippen LogP contribution is -2.45. The van der Waals surface area contributed by atoms with Gasteiger partial charge in [0.05, 0.1) is 0 Å². The van der Waals surface area contributed by atoms with Gasteiger partial charge in [-0.3, -0.25) is 4.79 Å². The van der Waals surface area contributed by atoms with E-state index in [4.69, 9.17) is 14.2 Å². The van der Waals surface area contributed by atoms with Crippen LogP contribution in [0, 0.1) is 11.8 Å². The maximum Gasteiger partial charge on any atom is 0.342 e. The second-order valence-corrected chi connectivity index (χ2v) is 8.02. The number of carbonyl (C=O) groups is 2. The zero-order chi connectivity index (χ0) is 22.1. The number of hydrogen-bond donors (Lipinski definition) is 1. The van der Waals surface area contributed by atoms with Crippen LogP contribution in [-0.2, 0) is 9.53 Å². The van der Waals surface area contributed by atoms with Crippen molar-refractivity contribution >= 4 is 11.9 Å². The smallest absolute Gasteiger partial charge is 0.342 e. The first-order valence-electron chi connectivity index (χ1n) is 10.9. The van der Waals surface area contributed by atoms with Crippen molar-refractivity contribution in [2.45, 2.75) is 39.2 Å². The molecule has 166 valence electrons. The fourth-order valence-electron chi connectivity index (χ4n) is 3.83. The van der Waals surface area contributed by atoms with E-state index >= 15 is 0 Å². The van der Waals surface area contributed by atoms with Crippen molar-refractivity contribution in [3.63, 3.8) is 0 Å². The molecule has 1 fully saturated rings. The highest BCUT2D eigenvalue weighted by Crippen LogP contribution is 2.29. The molecule has 0 radical (unpaired) electrons. The van der Waals surface area contributed by atoms with Gasteiger partial charge in [0.2, 0.25) is 0 Å². The van der Waals surface area contributed by atoms with Crippen LogP contribution in [0.3, 0.4) is 0 Å². The van der Waals surface area contributed by atoms with E-state index in [0.29, 0.717) is 24.2 Å². The lowest BCUT2D eigenvalue weighted by molar-refractivity contribution is -0.125. The molecule has 1 aliphatic carbocycles. The number of ether oxygens (including phenoxy) is 3. The first-order chi connectivity index (χ1) is 15.0. The molecule has 2 aromatic carbocycles. The Balaban J connectivity index is 1.46. The molecule has 31 heavy (non-hydrogen) atoms. The molecule has 3 rings (SSSR count). The summed E-state index contributed by atoms with van der Waals surface area (Å²) in [6.45, 7) is 4.69. The van der Waals surface area contributed by atoms with Gasteiger partial charge in [-0.2, -0.15) is 0 Å². The third kappa shape index (κ3) is 6.74. The van der Waals surface area contributed by atoms with Gasteiger partial charge >= 0.3 is 5.97 Å². The molecule has 2 aromatic rings. The summed E-state index contributed by atoms with van der Waals surface area (Å²) in [6.07, 6.45) is 3.26. The van der Waals surface area contributed by atoms with Gasteiger partial charge in [0.1, 0.15) is 30.3 Å². The predicted molar refractivity (Wildman–Crippen MR) is 118 cm³/mol. The molecule has 3 atom stereocenters. The fourth-order valence-corrected chi connectivity index (χ4v) is 3.83. The molecule has 6 heteroatoms. The third-order valence-electron chi connectivity index (χ3n) is 5.85. The van der Waals surface area contributed by atoms with Gasteiger partial charge in [0.25, 0.3) is 5.91 Å². The minimum absolute atomic E-state index is 0.134. The van der Waals surface area contributed by atoms with Crippen LogP contribution in [0.25, 0.3) is 0 Å². The number of esters is 1. The van der Waals surface area contributed by atoms with Gasteiger partial charge in [-0.25, -0.2) is 4.79 Å². The van der Waals surface area contributed by atoms with Crippen LogP contribution >= 0.6 is 0 Å². The Morgan fingerprint density at radius 2 is 1.65 bits per heavy atom. The summed E-state index contributed by atoms with van der Waals surface area (Å²) < 4.78 is 16.6. The fraction of sp³-hybridized carbons (Fsp3) is 0.440. The molecule has 1 N–H and O–H groups in total. The standard InChI is InChI=1S/C25H31NO5/c1-18-9-8-13-22(19(18)2)26-24(27)17-31-25(28)21-12-6-7-14-23(21)30-16-15-29-20-10-4-3-5-11-20/h3-7,10-12,14,18-19,22H,8-9,13,15-17H2,1-2H3,(H,26,27)/t18-,19+,22+/m0/s1. The first-order valence-corrected chi connectivity index (χ1v) is 10.9. The summed E-state index contributed by atoms with van der Waals surface area (Å²) in [5, 5.41) is 3.01. The molecule has 6 nitrogen and oxygen atoms in total. The second-order valence-electron chi connectivity index (χ2n) is 8.02. The highest BCUT2D eigenvalue weighted by Gasteiger charge is 2.28. The molecule has 0 bridgehead atoms. The Morgan fingerprint density at radius 1 is 0.935 bits per heavy atom. The van der Waals surface area contributed by atoms with Crippen LogP contribution in [0.15, 0.2) is 54.6 Å². The average molecular weight is 426 g/mol. The van der Waals surface area contributed by atoms with Crippen molar-refractivity contribution in [1.82, 2.24) is 5.32 Å². The van der Waals surface area contributed by atoms with Crippen LogP contribution in [-0.4, -0.2) is 37.7 Å². The maximum absolute atomic E-state index is 12.5. The van der Waals surface area contributed by atoms with Gasteiger partial charge in [0, 0.05) is 6.04 Å². The number of benzene rings is 2. The van der Waals surface area contributed by atoms with E-state index in [-0.39, 0.29) is 30.7 Å². The Labute approximate surface area is 183 Å². The molecular weight excluding hydrogens is 394 g/mol. The normalized spacial score (nSPS) is 20.5. The Kier molecular flexibility index (Phi) is 8.33. The lowest BCUT2D eigenvalue weighted by atomic mass is 9.78. The number of para-hydroxylation sites is 2. The van der Waals surface area contributed by atoms with E-state index in [1.807, 2.05) is 30.3 Å². The minimum Gasteiger partial charge on any atom is -0.490 e. The Hall–Kier alpha value is -3.02.